The van der Waals surface area contributed by atoms with E-state index in [4.69, 9.17) is 12.2 Å². The van der Waals surface area contributed by atoms with Gasteiger partial charge in [-0.2, -0.15) is 5.26 Å². The summed E-state index contributed by atoms with van der Waals surface area (Å²) in [5.74, 6) is -0.0654. The monoisotopic (exact) mass is 370 g/mol. The van der Waals surface area contributed by atoms with E-state index in [1.165, 1.54) is 0 Å². The van der Waals surface area contributed by atoms with Crippen molar-refractivity contribution in [3.63, 3.8) is 0 Å². The molecule has 1 unspecified atom stereocenters. The van der Waals surface area contributed by atoms with E-state index in [9.17, 15) is 5.26 Å². The van der Waals surface area contributed by atoms with Gasteiger partial charge in [0.1, 0.15) is 10.8 Å². The summed E-state index contributed by atoms with van der Waals surface area (Å²) in [6, 6.07) is 17.5. The van der Waals surface area contributed by atoms with Crippen LogP contribution in [0.2, 0.25) is 0 Å². The molecule has 0 saturated carbocycles. The SMILES string of the molecule is N#CC(C(=S)Nc1ccc(Br)cc1)c1nc2ccccc2[nH]1. The predicted molar refractivity (Wildman–Crippen MR) is 94.8 cm³/mol. The first kappa shape index (κ1) is 14.7. The third-order valence-corrected chi connectivity index (χ3v) is 4.05. The summed E-state index contributed by atoms with van der Waals surface area (Å²) in [4.78, 5) is 8.02. The first-order valence-electron chi connectivity index (χ1n) is 6.58. The van der Waals surface area contributed by atoms with Gasteiger partial charge in [-0.15, -0.1) is 0 Å². The predicted octanol–water partition coefficient (Wildman–Crippen LogP) is 4.37. The molecule has 1 aromatic heterocycles. The number of imidazole rings is 1. The Kier molecular flexibility index (Phi) is 4.18. The average molecular weight is 371 g/mol. The maximum Gasteiger partial charge on any atom is 0.154 e. The average Bonchev–Trinajstić information content (AvgIpc) is 2.94. The normalized spacial score (nSPS) is 11.8. The number of halogens is 1. The summed E-state index contributed by atoms with van der Waals surface area (Å²) in [6.45, 7) is 0. The fraction of sp³-hybridized carbons (Fsp3) is 0.0625. The molecule has 1 atom stereocenters. The van der Waals surface area contributed by atoms with Crippen LogP contribution in [0, 0.1) is 11.3 Å². The molecule has 4 nitrogen and oxygen atoms in total. The molecule has 0 spiro atoms. The van der Waals surface area contributed by atoms with Gasteiger partial charge < -0.3 is 10.3 Å². The van der Waals surface area contributed by atoms with Gasteiger partial charge >= 0.3 is 0 Å². The molecule has 0 fully saturated rings. The fourth-order valence-corrected chi connectivity index (χ4v) is 2.65. The zero-order valence-electron chi connectivity index (χ0n) is 11.4. The Labute approximate surface area is 141 Å². The van der Waals surface area contributed by atoms with Crippen LogP contribution in [-0.2, 0) is 0 Å². The molecule has 108 valence electrons. The highest BCUT2D eigenvalue weighted by atomic mass is 79.9. The van der Waals surface area contributed by atoms with Gasteiger partial charge in [-0.3, -0.25) is 0 Å². The number of benzene rings is 2. The highest BCUT2D eigenvalue weighted by Crippen LogP contribution is 2.21. The number of hydrogen-bond acceptors (Lipinski definition) is 3. The quantitative estimate of drug-likeness (QED) is 0.671. The van der Waals surface area contributed by atoms with Gasteiger partial charge in [-0.1, -0.05) is 40.3 Å². The van der Waals surface area contributed by atoms with Gasteiger partial charge in [0.05, 0.1) is 17.1 Å². The summed E-state index contributed by atoms with van der Waals surface area (Å²) < 4.78 is 0.984. The minimum Gasteiger partial charge on any atom is -0.349 e. The number of nitrogens with zero attached hydrogens (tertiary/aromatic N) is 2. The number of aromatic amines is 1. The molecular formula is C16H11BrN4S. The second kappa shape index (κ2) is 6.26. The molecule has 0 amide bonds. The molecule has 2 aromatic carbocycles. The van der Waals surface area contributed by atoms with Gasteiger partial charge in [0, 0.05) is 10.2 Å². The van der Waals surface area contributed by atoms with Gasteiger partial charge in [-0.05, 0) is 36.4 Å². The van der Waals surface area contributed by atoms with Crippen LogP contribution < -0.4 is 5.32 Å². The summed E-state index contributed by atoms with van der Waals surface area (Å²) >= 11 is 8.75. The second-order valence-corrected chi connectivity index (χ2v) is 6.05. The minimum absolute atomic E-state index is 0.420. The Hall–Kier alpha value is -2.23. The number of nitrogens with one attached hydrogen (secondary N) is 2. The van der Waals surface area contributed by atoms with Crippen LogP contribution >= 0.6 is 28.1 Å². The molecule has 22 heavy (non-hydrogen) atoms. The first-order chi connectivity index (χ1) is 10.7. The lowest BCUT2D eigenvalue weighted by Crippen LogP contribution is -2.19. The van der Waals surface area contributed by atoms with E-state index in [1.807, 2.05) is 48.5 Å². The van der Waals surface area contributed by atoms with E-state index in [0.29, 0.717) is 10.8 Å². The van der Waals surface area contributed by atoms with Crippen molar-refractivity contribution in [2.24, 2.45) is 0 Å². The number of nitriles is 1. The molecular weight excluding hydrogens is 360 g/mol. The Morgan fingerprint density at radius 2 is 1.95 bits per heavy atom. The number of anilines is 1. The van der Waals surface area contributed by atoms with Crippen molar-refractivity contribution < 1.29 is 0 Å². The molecule has 0 aliphatic carbocycles. The molecule has 6 heteroatoms. The molecule has 0 aliphatic rings. The van der Waals surface area contributed by atoms with Crippen molar-refractivity contribution in [3.8, 4) is 6.07 Å². The van der Waals surface area contributed by atoms with Gasteiger partial charge in [0.15, 0.2) is 5.92 Å². The van der Waals surface area contributed by atoms with E-state index < -0.39 is 5.92 Å². The van der Waals surface area contributed by atoms with Crippen LogP contribution in [0.15, 0.2) is 53.0 Å². The molecule has 1 heterocycles. The lowest BCUT2D eigenvalue weighted by molar-refractivity contribution is 1.02. The fourth-order valence-electron chi connectivity index (χ4n) is 2.10. The Bertz CT molecular complexity index is 831. The lowest BCUT2D eigenvalue weighted by Gasteiger charge is -2.11. The first-order valence-corrected chi connectivity index (χ1v) is 7.78. The third kappa shape index (κ3) is 3.01. The standard InChI is InChI=1S/C16H11BrN4S/c17-10-5-7-11(8-6-10)19-16(22)12(9-18)15-20-13-3-1-2-4-14(13)21-15/h1-8,12H,(H,19,22)(H,20,21). The van der Waals surface area contributed by atoms with E-state index >= 15 is 0 Å². The van der Waals surface area contributed by atoms with Crippen molar-refractivity contribution in [3.05, 3.63) is 58.8 Å². The van der Waals surface area contributed by atoms with Gasteiger partial charge in [-0.25, -0.2) is 4.98 Å². The summed E-state index contributed by atoms with van der Waals surface area (Å²) in [5.41, 5.74) is 2.55. The smallest absolute Gasteiger partial charge is 0.154 e. The number of rotatable bonds is 3. The maximum absolute atomic E-state index is 9.45. The van der Waals surface area contributed by atoms with Crippen LogP contribution in [0.4, 0.5) is 5.69 Å². The van der Waals surface area contributed by atoms with Crippen molar-refractivity contribution in [2.45, 2.75) is 5.92 Å². The molecule has 0 bridgehead atoms. The molecule has 3 aromatic rings. The Morgan fingerprint density at radius 1 is 1.23 bits per heavy atom. The van der Waals surface area contributed by atoms with Crippen LogP contribution in [0.5, 0.6) is 0 Å². The van der Waals surface area contributed by atoms with Crippen molar-refractivity contribution in [1.82, 2.24) is 9.97 Å². The van der Waals surface area contributed by atoms with Crippen LogP contribution in [-0.4, -0.2) is 15.0 Å². The molecule has 2 N–H and O–H groups in total. The van der Waals surface area contributed by atoms with Crippen LogP contribution in [0.1, 0.15) is 11.7 Å². The van der Waals surface area contributed by atoms with E-state index in [-0.39, 0.29) is 0 Å². The summed E-state index contributed by atoms with van der Waals surface area (Å²) in [7, 11) is 0. The van der Waals surface area contributed by atoms with E-state index in [1.54, 1.807) is 0 Å². The number of aromatic nitrogens is 2. The number of hydrogen-bond donors (Lipinski definition) is 2. The molecule has 3 rings (SSSR count). The second-order valence-electron chi connectivity index (χ2n) is 4.70. The van der Waals surface area contributed by atoms with Crippen molar-refractivity contribution in [1.29, 1.82) is 5.26 Å². The Balaban J connectivity index is 1.85. The van der Waals surface area contributed by atoms with E-state index in [2.05, 4.69) is 37.3 Å². The van der Waals surface area contributed by atoms with Gasteiger partial charge in [0.25, 0.3) is 0 Å². The van der Waals surface area contributed by atoms with Crippen LogP contribution in [0.3, 0.4) is 0 Å². The lowest BCUT2D eigenvalue weighted by atomic mass is 10.1. The third-order valence-electron chi connectivity index (χ3n) is 3.18. The highest BCUT2D eigenvalue weighted by Gasteiger charge is 2.20. The number of para-hydroxylation sites is 2. The van der Waals surface area contributed by atoms with Crippen molar-refractivity contribution in [2.75, 3.05) is 5.32 Å². The number of thiocarbonyl (C=S) groups is 1. The molecule has 0 saturated heterocycles. The molecule has 0 aliphatic heterocycles. The number of H-pyrrole nitrogens is 1. The highest BCUT2D eigenvalue weighted by molar-refractivity contribution is 9.10. The minimum atomic E-state index is -0.619. The van der Waals surface area contributed by atoms with Crippen LogP contribution in [0.25, 0.3) is 11.0 Å². The topological polar surface area (TPSA) is 64.5 Å². The largest absolute Gasteiger partial charge is 0.349 e. The summed E-state index contributed by atoms with van der Waals surface area (Å²) in [6.07, 6.45) is 0. The maximum atomic E-state index is 9.45. The zero-order valence-corrected chi connectivity index (χ0v) is 13.8. The number of fused-ring (bicyclic) bond motifs is 1. The summed E-state index contributed by atoms with van der Waals surface area (Å²) in [5, 5.41) is 12.5. The van der Waals surface area contributed by atoms with E-state index in [0.717, 1.165) is 21.2 Å². The van der Waals surface area contributed by atoms with Gasteiger partial charge in [0.2, 0.25) is 0 Å². The zero-order chi connectivity index (χ0) is 15.5. The Morgan fingerprint density at radius 3 is 2.64 bits per heavy atom. The molecule has 0 radical (unpaired) electrons. The van der Waals surface area contributed by atoms with Crippen molar-refractivity contribution >= 4 is 49.9 Å².